The second-order valence-electron chi connectivity index (χ2n) is 10.2. The fraction of sp³-hybridized carbons (Fsp3) is 0.500. The largest absolute Gasteiger partial charge is 0.494 e. The molecule has 2 aliphatic rings. The lowest BCUT2D eigenvalue weighted by Gasteiger charge is -2.22. The molecule has 3 heterocycles. The smallest absolute Gasteiger partial charge is 0.296 e. The van der Waals surface area contributed by atoms with Crippen LogP contribution in [-0.4, -0.2) is 45.9 Å². The fourth-order valence-corrected chi connectivity index (χ4v) is 5.42. The normalized spacial score (nSPS) is 18.3. The van der Waals surface area contributed by atoms with Crippen LogP contribution >= 0.6 is 11.6 Å². The number of nitrogens with one attached hydrogen (secondary N) is 2. The van der Waals surface area contributed by atoms with Crippen molar-refractivity contribution in [3.05, 3.63) is 53.0 Å². The predicted molar refractivity (Wildman–Crippen MR) is 143 cm³/mol. The number of aromatic nitrogens is 4. The number of carbonyl (C=O) groups excluding carboxylic acids is 1. The zero-order valence-corrected chi connectivity index (χ0v) is 22.1. The van der Waals surface area contributed by atoms with Gasteiger partial charge >= 0.3 is 0 Å². The Morgan fingerprint density at radius 2 is 1.97 bits per heavy atom. The molecule has 1 saturated carbocycles. The van der Waals surface area contributed by atoms with E-state index in [1.807, 2.05) is 0 Å². The molecule has 1 aromatic carbocycles. The maximum atomic E-state index is 14.8. The lowest BCUT2D eigenvalue weighted by molar-refractivity contribution is 0.0462. The summed E-state index contributed by atoms with van der Waals surface area (Å²) in [6.07, 6.45) is 11.4. The standard InChI is InChI=1S/C28H33ClFN5O3/c29-23-16-31-25(33-28(36)27-32-26(34-35-27)13-18-5-2-1-3-6-18)15-21(23)22-14-20(8-9-24(22)30)38-12-10-19-7-4-11-37-17-19/h8-9,14-16,18-19H,1-7,10-13,17H2,(H,31,33,36)(H,32,34,35). The molecule has 1 saturated heterocycles. The summed E-state index contributed by atoms with van der Waals surface area (Å²) in [5.74, 6) is 1.62. The van der Waals surface area contributed by atoms with Crippen LogP contribution in [0.5, 0.6) is 5.75 Å². The second-order valence-corrected chi connectivity index (χ2v) is 10.6. The van der Waals surface area contributed by atoms with Gasteiger partial charge in [0, 0.05) is 37.0 Å². The maximum Gasteiger partial charge on any atom is 0.296 e. The lowest BCUT2D eigenvalue weighted by Crippen LogP contribution is -2.19. The van der Waals surface area contributed by atoms with Crippen molar-refractivity contribution in [2.45, 2.75) is 57.8 Å². The van der Waals surface area contributed by atoms with E-state index >= 15 is 0 Å². The van der Waals surface area contributed by atoms with Crippen molar-refractivity contribution in [3.63, 3.8) is 0 Å². The van der Waals surface area contributed by atoms with E-state index in [9.17, 15) is 9.18 Å². The molecule has 2 N–H and O–H groups in total. The highest BCUT2D eigenvalue weighted by atomic mass is 35.5. The number of halogens is 2. The van der Waals surface area contributed by atoms with E-state index in [1.54, 1.807) is 12.1 Å². The summed E-state index contributed by atoms with van der Waals surface area (Å²) in [6, 6.07) is 6.11. The molecule has 2 aromatic heterocycles. The number of aromatic amines is 1. The van der Waals surface area contributed by atoms with Crippen molar-refractivity contribution in [1.29, 1.82) is 0 Å². The summed E-state index contributed by atoms with van der Waals surface area (Å²) in [6.45, 7) is 2.10. The van der Waals surface area contributed by atoms with E-state index < -0.39 is 11.7 Å². The fourth-order valence-electron chi connectivity index (χ4n) is 5.22. The van der Waals surface area contributed by atoms with Gasteiger partial charge in [-0.3, -0.25) is 9.89 Å². The number of hydrogen-bond donors (Lipinski definition) is 2. The van der Waals surface area contributed by atoms with Crippen LogP contribution in [0.15, 0.2) is 30.5 Å². The van der Waals surface area contributed by atoms with Gasteiger partial charge < -0.3 is 14.8 Å². The van der Waals surface area contributed by atoms with E-state index in [2.05, 4.69) is 25.5 Å². The van der Waals surface area contributed by atoms with Crippen LogP contribution in [0.4, 0.5) is 10.2 Å². The number of benzene rings is 1. The Kier molecular flexibility index (Phi) is 8.86. The highest BCUT2D eigenvalue weighted by Crippen LogP contribution is 2.34. The third-order valence-electron chi connectivity index (χ3n) is 7.32. The van der Waals surface area contributed by atoms with Gasteiger partial charge in [0.05, 0.1) is 11.6 Å². The quantitative estimate of drug-likeness (QED) is 0.333. The SMILES string of the molecule is O=C(Nc1cc(-c2cc(OCCC3CCCOC3)ccc2F)c(Cl)cn1)c1n[nH]c(CC2CCCCC2)n1. The van der Waals surface area contributed by atoms with Gasteiger partial charge in [-0.25, -0.2) is 14.4 Å². The van der Waals surface area contributed by atoms with E-state index in [-0.39, 0.29) is 22.2 Å². The molecular formula is C28H33ClFN5O3. The van der Waals surface area contributed by atoms with Gasteiger partial charge in [-0.15, -0.1) is 5.10 Å². The van der Waals surface area contributed by atoms with Gasteiger partial charge in [-0.2, -0.15) is 0 Å². The monoisotopic (exact) mass is 541 g/mol. The molecule has 38 heavy (non-hydrogen) atoms. The number of hydrogen-bond acceptors (Lipinski definition) is 6. The van der Waals surface area contributed by atoms with Crippen molar-refractivity contribution >= 4 is 23.3 Å². The van der Waals surface area contributed by atoms with Crippen molar-refractivity contribution in [1.82, 2.24) is 20.2 Å². The van der Waals surface area contributed by atoms with Crippen molar-refractivity contribution < 1.29 is 18.7 Å². The molecule has 0 radical (unpaired) electrons. The van der Waals surface area contributed by atoms with E-state index in [0.717, 1.165) is 38.9 Å². The molecule has 0 bridgehead atoms. The first kappa shape index (κ1) is 26.6. The van der Waals surface area contributed by atoms with Gasteiger partial charge in [0.1, 0.15) is 23.2 Å². The molecule has 1 aliphatic heterocycles. The molecule has 0 spiro atoms. The number of nitrogens with zero attached hydrogens (tertiary/aromatic N) is 3. The Morgan fingerprint density at radius 1 is 1.13 bits per heavy atom. The Labute approximate surface area is 226 Å². The number of H-pyrrole nitrogens is 1. The Bertz CT molecular complexity index is 1240. The molecule has 1 aliphatic carbocycles. The predicted octanol–water partition coefficient (Wildman–Crippen LogP) is 6.23. The molecule has 10 heteroatoms. The zero-order valence-electron chi connectivity index (χ0n) is 21.3. The number of anilines is 1. The van der Waals surface area contributed by atoms with Crippen LogP contribution < -0.4 is 10.1 Å². The van der Waals surface area contributed by atoms with Gasteiger partial charge in [0.25, 0.3) is 5.91 Å². The first-order valence-corrected chi connectivity index (χ1v) is 13.8. The summed E-state index contributed by atoms with van der Waals surface area (Å²) in [5.41, 5.74) is 0.660. The van der Waals surface area contributed by atoms with Gasteiger partial charge in [0.2, 0.25) is 5.82 Å². The molecule has 202 valence electrons. The van der Waals surface area contributed by atoms with Crippen LogP contribution in [0.2, 0.25) is 5.02 Å². The molecule has 5 rings (SSSR count). The molecular weight excluding hydrogens is 509 g/mol. The first-order valence-electron chi connectivity index (χ1n) is 13.4. The molecule has 3 aromatic rings. The lowest BCUT2D eigenvalue weighted by atomic mass is 9.87. The van der Waals surface area contributed by atoms with Crippen molar-refractivity contribution in [2.75, 3.05) is 25.1 Å². The summed E-state index contributed by atoms with van der Waals surface area (Å²) in [7, 11) is 0. The second kappa shape index (κ2) is 12.7. The third-order valence-corrected chi connectivity index (χ3v) is 7.62. The van der Waals surface area contributed by atoms with Crippen molar-refractivity contribution in [3.8, 4) is 16.9 Å². The van der Waals surface area contributed by atoms with Crippen LogP contribution in [0, 0.1) is 17.7 Å². The number of pyridine rings is 1. The molecule has 8 nitrogen and oxygen atoms in total. The van der Waals surface area contributed by atoms with Gasteiger partial charge in [-0.1, -0.05) is 43.7 Å². The van der Waals surface area contributed by atoms with Crippen LogP contribution in [0.3, 0.4) is 0 Å². The first-order chi connectivity index (χ1) is 18.5. The molecule has 1 atom stereocenters. The highest BCUT2D eigenvalue weighted by molar-refractivity contribution is 6.33. The molecule has 1 amide bonds. The summed E-state index contributed by atoms with van der Waals surface area (Å²) in [5, 5.41) is 9.91. The topological polar surface area (TPSA) is 102 Å². The minimum absolute atomic E-state index is 0.0408. The third kappa shape index (κ3) is 6.88. The van der Waals surface area contributed by atoms with Crippen LogP contribution in [0.1, 0.15) is 67.8 Å². The Balaban J connectivity index is 1.24. The van der Waals surface area contributed by atoms with E-state index in [1.165, 1.54) is 50.4 Å². The van der Waals surface area contributed by atoms with Crippen LogP contribution in [0.25, 0.3) is 11.1 Å². The summed E-state index contributed by atoms with van der Waals surface area (Å²) in [4.78, 5) is 21.3. The maximum absolute atomic E-state index is 14.8. The van der Waals surface area contributed by atoms with Crippen molar-refractivity contribution in [2.24, 2.45) is 11.8 Å². The zero-order chi connectivity index (χ0) is 26.3. The van der Waals surface area contributed by atoms with Crippen LogP contribution in [-0.2, 0) is 11.2 Å². The number of rotatable bonds is 9. The van der Waals surface area contributed by atoms with E-state index in [4.69, 9.17) is 21.1 Å². The average Bonchev–Trinajstić information content (AvgIpc) is 3.41. The molecule has 1 unspecified atom stereocenters. The Hall–Kier alpha value is -3.04. The number of amides is 1. The summed E-state index contributed by atoms with van der Waals surface area (Å²) >= 11 is 6.38. The van der Waals surface area contributed by atoms with Gasteiger partial charge in [0.15, 0.2) is 0 Å². The minimum Gasteiger partial charge on any atom is -0.494 e. The summed E-state index contributed by atoms with van der Waals surface area (Å²) < 4.78 is 26.3. The van der Waals surface area contributed by atoms with Gasteiger partial charge in [-0.05, 0) is 55.4 Å². The Morgan fingerprint density at radius 3 is 2.79 bits per heavy atom. The average molecular weight is 542 g/mol. The van der Waals surface area contributed by atoms with E-state index in [0.29, 0.717) is 35.6 Å². The number of ether oxygens (including phenoxy) is 2. The minimum atomic E-state index is -0.499. The molecule has 2 fully saturated rings. The highest BCUT2D eigenvalue weighted by Gasteiger charge is 2.20. The number of carbonyl (C=O) groups is 1.